The molecular weight excluding hydrogens is 357 g/mol. The number of nitrogens with two attached hydrogens (primary N) is 1. The topological polar surface area (TPSA) is 35.2 Å². The number of para-hydroxylation sites is 1. The summed E-state index contributed by atoms with van der Waals surface area (Å²) in [4.78, 5) is 0. The van der Waals surface area contributed by atoms with E-state index in [4.69, 9.17) is 22.1 Å². The van der Waals surface area contributed by atoms with Crippen molar-refractivity contribution in [1.29, 1.82) is 0 Å². The summed E-state index contributed by atoms with van der Waals surface area (Å²) in [5.74, 6) is 0.163. The van der Waals surface area contributed by atoms with Gasteiger partial charge in [-0.2, -0.15) is 0 Å². The average Bonchev–Trinajstić information content (AvgIpc) is 2.46. The molecule has 1 atom stereocenters. The molecule has 0 heterocycles. The van der Waals surface area contributed by atoms with Crippen LogP contribution in [0.2, 0.25) is 5.02 Å². The van der Waals surface area contributed by atoms with Crippen LogP contribution in [-0.4, -0.2) is 6.04 Å². The number of halogens is 3. The van der Waals surface area contributed by atoms with Crippen LogP contribution in [0.1, 0.15) is 18.9 Å². The van der Waals surface area contributed by atoms with Gasteiger partial charge in [0.15, 0.2) is 11.6 Å². The Hall–Kier alpha value is -1.10. The molecule has 0 bridgehead atoms. The Labute approximate surface area is 137 Å². The molecule has 5 heteroatoms. The summed E-state index contributed by atoms with van der Waals surface area (Å²) < 4.78 is 20.6. The molecule has 0 aromatic heterocycles. The van der Waals surface area contributed by atoms with Crippen LogP contribution in [0.15, 0.2) is 40.9 Å². The van der Waals surface area contributed by atoms with E-state index in [1.807, 2.05) is 13.0 Å². The third-order valence-corrected chi connectivity index (χ3v) is 3.97. The summed E-state index contributed by atoms with van der Waals surface area (Å²) in [5.41, 5.74) is 6.70. The minimum atomic E-state index is -0.424. The molecule has 2 aromatic rings. The fourth-order valence-corrected chi connectivity index (χ4v) is 2.42. The van der Waals surface area contributed by atoms with Gasteiger partial charge in [-0.15, -0.1) is 0 Å². The maximum Gasteiger partial charge on any atom is 0.166 e. The molecule has 0 spiro atoms. The van der Waals surface area contributed by atoms with Gasteiger partial charge in [0, 0.05) is 10.5 Å². The summed E-state index contributed by atoms with van der Waals surface area (Å²) >= 11 is 9.44. The molecule has 2 aromatic carbocycles. The lowest BCUT2D eigenvalue weighted by Crippen LogP contribution is -2.21. The van der Waals surface area contributed by atoms with E-state index in [1.165, 1.54) is 6.07 Å². The van der Waals surface area contributed by atoms with E-state index in [-0.39, 0.29) is 11.8 Å². The molecule has 0 radical (unpaired) electrons. The maximum atomic E-state index is 14.1. The van der Waals surface area contributed by atoms with Crippen molar-refractivity contribution in [3.63, 3.8) is 0 Å². The number of hydrogen-bond donors (Lipinski definition) is 1. The van der Waals surface area contributed by atoms with E-state index in [0.29, 0.717) is 17.2 Å². The van der Waals surface area contributed by atoms with Crippen LogP contribution < -0.4 is 10.5 Å². The Bertz CT molecular complexity index is 636. The molecule has 0 fully saturated rings. The summed E-state index contributed by atoms with van der Waals surface area (Å²) in [6.07, 6.45) is 1.36. The van der Waals surface area contributed by atoms with Gasteiger partial charge in [0.2, 0.25) is 0 Å². The highest BCUT2D eigenvalue weighted by molar-refractivity contribution is 9.10. The first-order valence-electron chi connectivity index (χ1n) is 6.67. The third-order valence-electron chi connectivity index (χ3n) is 3.16. The minimum Gasteiger partial charge on any atom is -0.452 e. The molecule has 0 aliphatic carbocycles. The van der Waals surface area contributed by atoms with Crippen molar-refractivity contribution in [3.05, 3.63) is 57.3 Å². The first-order valence-corrected chi connectivity index (χ1v) is 7.84. The minimum absolute atomic E-state index is 0.0351. The molecule has 21 heavy (non-hydrogen) atoms. The van der Waals surface area contributed by atoms with Crippen molar-refractivity contribution in [2.24, 2.45) is 5.73 Å². The van der Waals surface area contributed by atoms with Gasteiger partial charge in [0.1, 0.15) is 5.75 Å². The highest BCUT2D eigenvalue weighted by Crippen LogP contribution is 2.35. The maximum absolute atomic E-state index is 14.1. The SMILES string of the molecule is CCC(N)Cc1cccc(F)c1Oc1cc(Br)ccc1Cl. The Kier molecular flexibility index (Phi) is 5.62. The monoisotopic (exact) mass is 371 g/mol. The van der Waals surface area contributed by atoms with E-state index in [2.05, 4.69) is 15.9 Å². The van der Waals surface area contributed by atoms with Gasteiger partial charge >= 0.3 is 0 Å². The molecule has 112 valence electrons. The number of benzene rings is 2. The zero-order valence-electron chi connectivity index (χ0n) is 11.6. The quantitative estimate of drug-likeness (QED) is 0.771. The van der Waals surface area contributed by atoms with E-state index >= 15 is 0 Å². The zero-order chi connectivity index (χ0) is 15.4. The molecule has 2 nitrogen and oxygen atoms in total. The standard InChI is InChI=1S/C16H16BrClFNO/c1-2-12(20)8-10-4-3-5-14(19)16(10)21-15-9-11(17)6-7-13(15)18/h3-7,9,12H,2,8,20H2,1H3. The number of ether oxygens (including phenoxy) is 1. The molecule has 0 aliphatic rings. The van der Waals surface area contributed by atoms with E-state index < -0.39 is 5.82 Å². The predicted molar refractivity (Wildman–Crippen MR) is 87.6 cm³/mol. The van der Waals surface area contributed by atoms with Gasteiger partial charge in [-0.05, 0) is 42.7 Å². The Morgan fingerprint density at radius 1 is 1.33 bits per heavy atom. The summed E-state index contributed by atoms with van der Waals surface area (Å²) in [6.45, 7) is 2.00. The molecule has 2 N–H and O–H groups in total. The second kappa shape index (κ2) is 7.25. The van der Waals surface area contributed by atoms with Crippen LogP contribution in [-0.2, 0) is 6.42 Å². The normalized spacial score (nSPS) is 12.2. The fraction of sp³-hybridized carbons (Fsp3) is 0.250. The van der Waals surface area contributed by atoms with E-state index in [9.17, 15) is 4.39 Å². The number of hydrogen-bond acceptors (Lipinski definition) is 2. The highest BCUT2D eigenvalue weighted by Gasteiger charge is 2.15. The lowest BCUT2D eigenvalue weighted by Gasteiger charge is -2.15. The van der Waals surface area contributed by atoms with E-state index in [0.717, 1.165) is 16.5 Å². The van der Waals surface area contributed by atoms with Crippen molar-refractivity contribution in [2.75, 3.05) is 0 Å². The van der Waals surface area contributed by atoms with Crippen LogP contribution >= 0.6 is 27.5 Å². The molecular formula is C16H16BrClFNO. The summed E-state index contributed by atoms with van der Waals surface area (Å²) in [6, 6.07) is 10.00. The predicted octanol–water partition coefficient (Wildman–Crippen LogP) is 5.31. The van der Waals surface area contributed by atoms with Crippen LogP contribution in [0.5, 0.6) is 11.5 Å². The second-order valence-electron chi connectivity index (χ2n) is 4.78. The summed E-state index contributed by atoms with van der Waals surface area (Å²) in [5, 5.41) is 0.423. The van der Waals surface area contributed by atoms with Crippen molar-refractivity contribution in [3.8, 4) is 11.5 Å². The Morgan fingerprint density at radius 3 is 2.81 bits per heavy atom. The van der Waals surface area contributed by atoms with E-state index in [1.54, 1.807) is 24.3 Å². The lowest BCUT2D eigenvalue weighted by atomic mass is 10.0. The average molecular weight is 373 g/mol. The Balaban J connectivity index is 2.36. The smallest absolute Gasteiger partial charge is 0.166 e. The van der Waals surface area contributed by atoms with Crippen LogP contribution in [0.4, 0.5) is 4.39 Å². The van der Waals surface area contributed by atoms with Gasteiger partial charge in [0.25, 0.3) is 0 Å². The Morgan fingerprint density at radius 2 is 2.10 bits per heavy atom. The highest BCUT2D eigenvalue weighted by atomic mass is 79.9. The molecule has 2 rings (SSSR count). The first-order chi connectivity index (χ1) is 10.0. The fourth-order valence-electron chi connectivity index (χ4n) is 1.92. The van der Waals surface area contributed by atoms with Crippen LogP contribution in [0.25, 0.3) is 0 Å². The number of rotatable bonds is 5. The summed E-state index contributed by atoms with van der Waals surface area (Å²) in [7, 11) is 0. The third kappa shape index (κ3) is 4.19. The van der Waals surface area contributed by atoms with Crippen molar-refractivity contribution in [1.82, 2.24) is 0 Å². The largest absolute Gasteiger partial charge is 0.452 e. The van der Waals surface area contributed by atoms with Gasteiger partial charge in [-0.3, -0.25) is 0 Å². The first kappa shape index (κ1) is 16.3. The van der Waals surface area contributed by atoms with Crippen molar-refractivity contribution >= 4 is 27.5 Å². The molecule has 0 saturated heterocycles. The molecule has 0 amide bonds. The van der Waals surface area contributed by atoms with Crippen LogP contribution in [0, 0.1) is 5.82 Å². The molecule has 0 aliphatic heterocycles. The van der Waals surface area contributed by atoms with Gasteiger partial charge in [-0.1, -0.05) is 46.6 Å². The van der Waals surface area contributed by atoms with Crippen molar-refractivity contribution in [2.45, 2.75) is 25.8 Å². The van der Waals surface area contributed by atoms with Gasteiger partial charge in [-0.25, -0.2) is 4.39 Å². The van der Waals surface area contributed by atoms with Gasteiger partial charge < -0.3 is 10.5 Å². The van der Waals surface area contributed by atoms with Crippen molar-refractivity contribution < 1.29 is 9.13 Å². The van der Waals surface area contributed by atoms with Gasteiger partial charge in [0.05, 0.1) is 5.02 Å². The zero-order valence-corrected chi connectivity index (χ0v) is 13.9. The molecule has 0 saturated carbocycles. The molecule has 1 unspecified atom stereocenters. The lowest BCUT2D eigenvalue weighted by molar-refractivity contribution is 0.433. The van der Waals surface area contributed by atoms with Crippen LogP contribution in [0.3, 0.4) is 0 Å². The second-order valence-corrected chi connectivity index (χ2v) is 6.10.